The zero-order valence-electron chi connectivity index (χ0n) is 22.1. The van der Waals surface area contributed by atoms with E-state index >= 15 is 4.39 Å². The summed E-state index contributed by atoms with van der Waals surface area (Å²) in [6, 6.07) is 18.1. The van der Waals surface area contributed by atoms with Gasteiger partial charge in [0.25, 0.3) is 0 Å². The van der Waals surface area contributed by atoms with E-state index in [9.17, 15) is 10.4 Å². The van der Waals surface area contributed by atoms with Crippen LogP contribution in [-0.4, -0.2) is 48.5 Å². The quantitative estimate of drug-likeness (QED) is 0.373. The highest BCUT2D eigenvalue weighted by molar-refractivity contribution is 6.32. The van der Waals surface area contributed by atoms with Crippen LogP contribution < -0.4 is 9.47 Å². The van der Waals surface area contributed by atoms with Crippen molar-refractivity contribution < 1.29 is 23.7 Å². The van der Waals surface area contributed by atoms with Gasteiger partial charge in [0.15, 0.2) is 11.6 Å². The Morgan fingerprint density at radius 3 is 2.69 bits per heavy atom. The molecule has 3 aromatic rings. The predicted octanol–water partition coefficient (Wildman–Crippen LogP) is 6.61. The second-order valence-electron chi connectivity index (χ2n) is 10.0. The van der Waals surface area contributed by atoms with Gasteiger partial charge in [-0.05, 0) is 74.4 Å². The van der Waals surface area contributed by atoms with Crippen LogP contribution in [0.1, 0.15) is 49.1 Å². The summed E-state index contributed by atoms with van der Waals surface area (Å²) >= 11 is 6.60. The van der Waals surface area contributed by atoms with Crippen molar-refractivity contribution in [1.29, 1.82) is 5.26 Å². The maximum Gasteiger partial charge on any atom is 0.176 e. The largest absolute Gasteiger partial charge is 0.505 e. The third-order valence-corrected chi connectivity index (χ3v) is 7.74. The molecule has 1 fully saturated rings. The number of nitrogens with zero attached hydrogens (tertiary/aromatic N) is 2. The number of nitriles is 1. The van der Waals surface area contributed by atoms with Gasteiger partial charge in [0, 0.05) is 34.8 Å². The van der Waals surface area contributed by atoms with Gasteiger partial charge in [0.2, 0.25) is 0 Å². The van der Waals surface area contributed by atoms with E-state index in [-0.39, 0.29) is 11.6 Å². The van der Waals surface area contributed by atoms with Crippen LogP contribution in [0, 0.1) is 17.1 Å². The Morgan fingerprint density at radius 1 is 1.21 bits per heavy atom. The van der Waals surface area contributed by atoms with Crippen LogP contribution in [0.2, 0.25) is 5.02 Å². The van der Waals surface area contributed by atoms with Crippen LogP contribution in [0.25, 0.3) is 11.1 Å². The van der Waals surface area contributed by atoms with E-state index in [2.05, 4.69) is 24.8 Å². The number of allylic oxidation sites excluding steroid dienone is 1. The highest BCUT2D eigenvalue weighted by atomic mass is 35.5. The van der Waals surface area contributed by atoms with Crippen LogP contribution >= 0.6 is 11.6 Å². The van der Waals surface area contributed by atoms with Crippen molar-refractivity contribution in [3.63, 3.8) is 0 Å². The fraction of sp³-hybridized carbons (Fsp3) is 0.323. The third-order valence-electron chi connectivity index (χ3n) is 7.41. The first kappa shape index (κ1) is 27.0. The first-order valence-corrected chi connectivity index (χ1v) is 13.3. The highest BCUT2D eigenvalue weighted by Gasteiger charge is 2.33. The maximum absolute atomic E-state index is 15.1. The summed E-state index contributed by atoms with van der Waals surface area (Å²) in [6.07, 6.45) is -0.630. The number of fused-ring (bicyclic) bond motifs is 1. The lowest BCUT2D eigenvalue weighted by Gasteiger charge is -2.37. The Hall–Kier alpha value is -3.57. The zero-order valence-corrected chi connectivity index (χ0v) is 22.8. The zero-order chi connectivity index (χ0) is 27.7. The average molecular weight is 549 g/mol. The lowest BCUT2D eigenvalue weighted by Crippen LogP contribution is -2.50. The molecule has 39 heavy (non-hydrogen) atoms. The van der Waals surface area contributed by atoms with Gasteiger partial charge in [-0.2, -0.15) is 5.26 Å². The van der Waals surface area contributed by atoms with E-state index in [0.29, 0.717) is 45.7 Å². The van der Waals surface area contributed by atoms with Crippen molar-refractivity contribution in [3.05, 3.63) is 87.7 Å². The van der Waals surface area contributed by atoms with Crippen molar-refractivity contribution >= 4 is 22.7 Å². The summed E-state index contributed by atoms with van der Waals surface area (Å²) in [5.41, 5.74) is 3.16. The Kier molecular flexibility index (Phi) is 7.81. The molecule has 6 nitrogen and oxygen atoms in total. The van der Waals surface area contributed by atoms with E-state index < -0.39 is 17.7 Å². The van der Waals surface area contributed by atoms with Crippen LogP contribution in [0.3, 0.4) is 0 Å². The SMILES string of the molecule is CC1=C(c2cc(C#N)ccc2Cl)C(c2ccc(OCC(C)N3CCOCC3C)cc2)Oc2ccc(O)c(F)c21. The number of hydrogen-bond acceptors (Lipinski definition) is 6. The number of phenolic OH excluding ortho intramolecular Hbond substituents is 1. The number of benzene rings is 3. The second kappa shape index (κ2) is 11.3. The number of halogens is 2. The average Bonchev–Trinajstić information content (AvgIpc) is 2.94. The number of morpholine rings is 1. The van der Waals surface area contributed by atoms with Gasteiger partial charge in [-0.15, -0.1) is 0 Å². The molecule has 2 heterocycles. The number of aromatic hydroxyl groups is 1. The van der Waals surface area contributed by atoms with Crippen LogP contribution in [0.4, 0.5) is 4.39 Å². The molecular formula is C31H30ClFN2O4. The third kappa shape index (κ3) is 5.33. The molecule has 0 aromatic heterocycles. The minimum atomic E-state index is -0.763. The molecule has 0 spiro atoms. The van der Waals surface area contributed by atoms with Crippen LogP contribution in [0.5, 0.6) is 17.2 Å². The van der Waals surface area contributed by atoms with Crippen LogP contribution in [-0.2, 0) is 4.74 Å². The molecule has 3 unspecified atom stereocenters. The topological polar surface area (TPSA) is 75.0 Å². The maximum atomic E-state index is 15.1. The lowest BCUT2D eigenvalue weighted by molar-refractivity contribution is -0.0266. The molecule has 2 aliphatic rings. The van der Waals surface area contributed by atoms with Crippen molar-refractivity contribution in [3.8, 4) is 23.3 Å². The summed E-state index contributed by atoms with van der Waals surface area (Å²) in [6.45, 7) is 8.96. The Balaban J connectivity index is 1.47. The molecule has 8 heteroatoms. The van der Waals surface area contributed by atoms with Gasteiger partial charge in [0.1, 0.15) is 24.2 Å². The normalized spacial score (nSPS) is 20.1. The molecule has 0 amide bonds. The molecule has 0 saturated carbocycles. The molecule has 202 valence electrons. The van der Waals surface area contributed by atoms with E-state index in [0.717, 1.165) is 31.1 Å². The Bertz CT molecular complexity index is 1450. The molecule has 0 aliphatic carbocycles. The fourth-order valence-corrected chi connectivity index (χ4v) is 5.56. The summed E-state index contributed by atoms with van der Waals surface area (Å²) in [5.74, 6) is -0.183. The van der Waals surface area contributed by atoms with E-state index in [4.69, 9.17) is 25.8 Å². The molecular weight excluding hydrogens is 519 g/mol. The second-order valence-corrected chi connectivity index (χ2v) is 10.4. The first-order chi connectivity index (χ1) is 18.8. The molecule has 5 rings (SSSR count). The molecule has 0 radical (unpaired) electrons. The lowest BCUT2D eigenvalue weighted by atomic mass is 9.85. The Morgan fingerprint density at radius 2 is 1.97 bits per heavy atom. The van der Waals surface area contributed by atoms with Gasteiger partial charge in [0.05, 0.1) is 30.4 Å². The van der Waals surface area contributed by atoms with Crippen molar-refractivity contribution in [2.45, 2.75) is 39.0 Å². The number of phenols is 1. The summed E-state index contributed by atoms with van der Waals surface area (Å²) in [4.78, 5) is 2.39. The summed E-state index contributed by atoms with van der Waals surface area (Å²) < 4.78 is 33.1. The standard InChI is InChI=1S/C31H30ClFN2O4/c1-18-16-37-13-12-35(18)19(2)17-38-23-7-5-22(6-8-23)31-28(24-14-21(15-34)4-9-25(24)32)20(3)29-27(39-31)11-10-26(36)30(29)33/h4-11,14,18-19,31,36H,12-13,16-17H2,1-3H3. The molecule has 1 saturated heterocycles. The van der Waals surface area contributed by atoms with Gasteiger partial charge >= 0.3 is 0 Å². The summed E-state index contributed by atoms with van der Waals surface area (Å²) in [7, 11) is 0. The van der Waals surface area contributed by atoms with E-state index in [1.807, 2.05) is 24.3 Å². The number of hydrogen-bond donors (Lipinski definition) is 1. The number of ether oxygens (including phenoxy) is 3. The molecule has 0 bridgehead atoms. The van der Waals surface area contributed by atoms with Gasteiger partial charge in [-0.3, -0.25) is 4.90 Å². The molecule has 2 aliphatic heterocycles. The fourth-order valence-electron chi connectivity index (χ4n) is 5.34. The van der Waals surface area contributed by atoms with Gasteiger partial charge in [-0.25, -0.2) is 4.39 Å². The van der Waals surface area contributed by atoms with Gasteiger partial charge < -0.3 is 19.3 Å². The first-order valence-electron chi connectivity index (χ1n) is 12.9. The molecule has 3 aromatic carbocycles. The smallest absolute Gasteiger partial charge is 0.176 e. The van der Waals surface area contributed by atoms with Crippen molar-refractivity contribution in [1.82, 2.24) is 4.90 Å². The summed E-state index contributed by atoms with van der Waals surface area (Å²) in [5, 5.41) is 20.0. The van der Waals surface area contributed by atoms with Crippen LogP contribution in [0.15, 0.2) is 54.6 Å². The van der Waals surface area contributed by atoms with Crippen molar-refractivity contribution in [2.24, 2.45) is 0 Å². The van der Waals surface area contributed by atoms with E-state index in [1.165, 1.54) is 6.07 Å². The van der Waals surface area contributed by atoms with Gasteiger partial charge in [-0.1, -0.05) is 23.7 Å². The van der Waals surface area contributed by atoms with E-state index in [1.54, 1.807) is 31.2 Å². The highest BCUT2D eigenvalue weighted by Crippen LogP contribution is 2.50. The molecule has 1 N–H and O–H groups in total. The predicted molar refractivity (Wildman–Crippen MR) is 148 cm³/mol. The molecule has 3 atom stereocenters. The minimum Gasteiger partial charge on any atom is -0.505 e. The minimum absolute atomic E-state index is 0.172. The monoisotopic (exact) mass is 548 g/mol. The van der Waals surface area contributed by atoms with Crippen molar-refractivity contribution in [2.75, 3.05) is 26.4 Å². The Labute approximate surface area is 232 Å². The number of rotatable bonds is 6.